The predicted octanol–water partition coefficient (Wildman–Crippen LogP) is 5.33. The van der Waals surface area contributed by atoms with Crippen LogP contribution in [0, 0.1) is 5.92 Å². The summed E-state index contributed by atoms with van der Waals surface area (Å²) in [6.45, 7) is 0.184. The number of sulfonamides is 1. The van der Waals surface area contributed by atoms with Gasteiger partial charge in [0.25, 0.3) is 15.9 Å². The van der Waals surface area contributed by atoms with E-state index in [0.29, 0.717) is 42.1 Å². The fourth-order valence-electron chi connectivity index (χ4n) is 4.90. The molecule has 3 aromatic rings. The van der Waals surface area contributed by atoms with Crippen molar-refractivity contribution in [1.29, 1.82) is 0 Å². The second-order valence-corrected chi connectivity index (χ2v) is 12.5. The van der Waals surface area contributed by atoms with Gasteiger partial charge in [0.2, 0.25) is 5.91 Å². The van der Waals surface area contributed by atoms with E-state index in [-0.39, 0.29) is 50.6 Å². The third-order valence-electron chi connectivity index (χ3n) is 6.66. The fraction of sp³-hybridized carbons (Fsp3) is 0.269. The number of hydrogen-bond donors (Lipinski definition) is 2. The van der Waals surface area contributed by atoms with Crippen molar-refractivity contribution in [3.05, 3.63) is 81.1 Å². The number of aromatic nitrogens is 1. The molecule has 1 fully saturated rings. The minimum absolute atomic E-state index is 0.00625. The van der Waals surface area contributed by atoms with Crippen LogP contribution in [0.25, 0.3) is 0 Å². The minimum Gasteiger partial charge on any atom is -0.353 e. The summed E-state index contributed by atoms with van der Waals surface area (Å²) < 4.78 is 29.0. The highest BCUT2D eigenvalue weighted by Gasteiger charge is 2.36. The summed E-state index contributed by atoms with van der Waals surface area (Å²) >= 11 is 18.5. The van der Waals surface area contributed by atoms with Crippen molar-refractivity contribution in [2.75, 3.05) is 16.2 Å². The van der Waals surface area contributed by atoms with Crippen LogP contribution in [-0.4, -0.2) is 37.8 Å². The normalized spacial score (nSPS) is 19.1. The number of hydrogen-bond acceptors (Lipinski definition) is 5. The zero-order valence-corrected chi connectivity index (χ0v) is 23.0. The average Bonchev–Trinajstić information content (AvgIpc) is 3.28. The van der Waals surface area contributed by atoms with Gasteiger partial charge in [-0.15, -0.1) is 0 Å². The first kappa shape index (κ1) is 26.7. The van der Waals surface area contributed by atoms with Crippen LogP contribution in [-0.2, 0) is 21.2 Å². The second-order valence-electron chi connectivity index (χ2n) is 9.34. The van der Waals surface area contributed by atoms with E-state index >= 15 is 0 Å². The molecule has 1 saturated heterocycles. The van der Waals surface area contributed by atoms with E-state index in [1.54, 1.807) is 36.4 Å². The smallest absolute Gasteiger partial charge is 0.264 e. The van der Waals surface area contributed by atoms with Crippen LogP contribution in [0.1, 0.15) is 35.3 Å². The maximum atomic E-state index is 13.8. The molecule has 0 saturated carbocycles. The average molecular weight is 594 g/mol. The quantitative estimate of drug-likeness (QED) is 0.402. The third kappa shape index (κ3) is 5.47. The summed E-state index contributed by atoms with van der Waals surface area (Å²) in [5.41, 5.74) is 1.33. The molecule has 0 spiro atoms. The number of nitrogens with zero attached hydrogens (tertiary/aromatic N) is 2. The molecule has 0 aliphatic carbocycles. The van der Waals surface area contributed by atoms with Crippen molar-refractivity contribution in [2.24, 2.45) is 5.92 Å². The number of carbonyl (C=O) groups excluding carboxylic acids is 2. The molecule has 2 atom stereocenters. The molecule has 2 unspecified atom stereocenters. The van der Waals surface area contributed by atoms with E-state index in [0.717, 1.165) is 0 Å². The van der Waals surface area contributed by atoms with E-state index < -0.39 is 15.9 Å². The number of benzene rings is 2. The van der Waals surface area contributed by atoms with Gasteiger partial charge in [0.15, 0.2) is 0 Å². The number of fused-ring (bicyclic) bond motifs is 1. The molecule has 3 heterocycles. The minimum atomic E-state index is -4.02. The molecule has 2 aliphatic heterocycles. The molecule has 38 heavy (non-hydrogen) atoms. The van der Waals surface area contributed by atoms with Crippen LogP contribution < -0.4 is 14.9 Å². The Bertz CT molecular complexity index is 1510. The number of nitrogens with one attached hydrogen (secondary N) is 2. The van der Waals surface area contributed by atoms with Gasteiger partial charge in [0.1, 0.15) is 0 Å². The molecule has 198 valence electrons. The molecule has 12 heteroatoms. The number of carbonyl (C=O) groups is 2. The Labute approximate surface area is 235 Å². The monoisotopic (exact) mass is 592 g/mol. The Hall–Kier alpha value is -2.85. The van der Waals surface area contributed by atoms with Gasteiger partial charge in [0.05, 0.1) is 43.8 Å². The molecule has 0 radical (unpaired) electrons. The molecule has 2 amide bonds. The lowest BCUT2D eigenvalue weighted by Crippen LogP contribution is -2.42. The van der Waals surface area contributed by atoms with Gasteiger partial charge in [0, 0.05) is 24.0 Å². The third-order valence-corrected chi connectivity index (χ3v) is 9.30. The van der Waals surface area contributed by atoms with Crippen molar-refractivity contribution in [2.45, 2.75) is 36.6 Å². The fourth-order valence-corrected chi connectivity index (χ4v) is 7.33. The maximum absolute atomic E-state index is 13.8. The Morgan fingerprint density at radius 3 is 2.53 bits per heavy atom. The highest BCUT2D eigenvalue weighted by atomic mass is 35.5. The van der Waals surface area contributed by atoms with Crippen molar-refractivity contribution in [3.8, 4) is 0 Å². The van der Waals surface area contributed by atoms with E-state index in [1.807, 2.05) is 0 Å². The van der Waals surface area contributed by atoms with Crippen molar-refractivity contribution in [1.82, 2.24) is 10.3 Å². The van der Waals surface area contributed by atoms with E-state index in [2.05, 4.69) is 15.6 Å². The van der Waals surface area contributed by atoms with Crippen LogP contribution in [0.5, 0.6) is 0 Å². The van der Waals surface area contributed by atoms with E-state index in [4.69, 9.17) is 34.8 Å². The molecule has 0 bridgehead atoms. The first-order chi connectivity index (χ1) is 18.1. The predicted molar refractivity (Wildman–Crippen MR) is 148 cm³/mol. The first-order valence-corrected chi connectivity index (χ1v) is 14.5. The van der Waals surface area contributed by atoms with E-state index in [9.17, 15) is 18.0 Å². The standard InChI is InChI=1S/C26H23Cl3N4O4S/c27-16-3-1-4-19(11-16)38(36,37)33-14-15(9-17-7-8-24(34)31-17)10-22-23(33)12-18(13-30-22)32-26(35)25-20(28)5-2-6-21(25)29/h1-6,11-13,15,17H,7-10,14H2,(H,31,34)(H,32,35). The van der Waals surface area contributed by atoms with Crippen molar-refractivity contribution < 1.29 is 18.0 Å². The highest BCUT2D eigenvalue weighted by molar-refractivity contribution is 7.92. The zero-order chi connectivity index (χ0) is 27.0. The Kier molecular flexibility index (Phi) is 7.55. The molecular formula is C26H23Cl3N4O4S. The number of rotatable bonds is 6. The molecule has 2 aromatic carbocycles. The highest BCUT2D eigenvalue weighted by Crippen LogP contribution is 2.37. The van der Waals surface area contributed by atoms with Crippen LogP contribution in [0.15, 0.2) is 59.6 Å². The largest absolute Gasteiger partial charge is 0.353 e. The zero-order valence-electron chi connectivity index (χ0n) is 20.0. The van der Waals surface area contributed by atoms with Gasteiger partial charge in [-0.05, 0) is 61.6 Å². The van der Waals surface area contributed by atoms with Gasteiger partial charge >= 0.3 is 0 Å². The number of amides is 2. The number of pyridine rings is 1. The molecular weight excluding hydrogens is 571 g/mol. The van der Waals surface area contributed by atoms with Gasteiger partial charge < -0.3 is 10.6 Å². The second kappa shape index (κ2) is 10.7. The number of halogens is 3. The molecule has 2 N–H and O–H groups in total. The summed E-state index contributed by atoms with van der Waals surface area (Å²) in [5.74, 6) is -0.612. The molecule has 5 rings (SSSR count). The lowest BCUT2D eigenvalue weighted by Gasteiger charge is -2.35. The van der Waals surface area contributed by atoms with Crippen molar-refractivity contribution >= 4 is 68.0 Å². The van der Waals surface area contributed by atoms with Crippen LogP contribution in [0.2, 0.25) is 15.1 Å². The summed E-state index contributed by atoms with van der Waals surface area (Å²) in [4.78, 5) is 29.2. The maximum Gasteiger partial charge on any atom is 0.264 e. The SMILES string of the molecule is O=C1CCC(CC2Cc3ncc(NC(=O)c4c(Cl)cccc4Cl)cc3N(S(=O)(=O)c3cccc(Cl)c3)C2)N1. The van der Waals surface area contributed by atoms with Gasteiger partial charge in [-0.2, -0.15) is 0 Å². The molecule has 2 aliphatic rings. The van der Waals surface area contributed by atoms with Crippen LogP contribution in [0.4, 0.5) is 11.4 Å². The lowest BCUT2D eigenvalue weighted by atomic mass is 9.91. The van der Waals surface area contributed by atoms with Crippen LogP contribution >= 0.6 is 34.8 Å². The molecule has 8 nitrogen and oxygen atoms in total. The van der Waals surface area contributed by atoms with Crippen molar-refractivity contribution in [3.63, 3.8) is 0 Å². The first-order valence-electron chi connectivity index (χ1n) is 11.9. The summed E-state index contributed by atoms with van der Waals surface area (Å²) in [7, 11) is -4.02. The number of anilines is 2. The summed E-state index contributed by atoms with van der Waals surface area (Å²) in [6, 6.07) is 12.4. The van der Waals surface area contributed by atoms with Gasteiger partial charge in [-0.3, -0.25) is 18.9 Å². The molecule has 1 aromatic heterocycles. The lowest BCUT2D eigenvalue weighted by molar-refractivity contribution is -0.119. The van der Waals surface area contributed by atoms with Gasteiger partial charge in [-0.25, -0.2) is 8.42 Å². The summed E-state index contributed by atoms with van der Waals surface area (Å²) in [6.07, 6.45) is 3.80. The summed E-state index contributed by atoms with van der Waals surface area (Å²) in [5, 5.41) is 6.36. The van der Waals surface area contributed by atoms with E-state index in [1.165, 1.54) is 22.6 Å². The topological polar surface area (TPSA) is 108 Å². The Morgan fingerprint density at radius 2 is 1.84 bits per heavy atom. The Balaban J connectivity index is 1.50. The van der Waals surface area contributed by atoms with Gasteiger partial charge in [-0.1, -0.05) is 46.9 Å². The van der Waals surface area contributed by atoms with Crippen LogP contribution in [0.3, 0.4) is 0 Å². The Morgan fingerprint density at radius 1 is 1.11 bits per heavy atom.